The third-order valence-electron chi connectivity index (χ3n) is 4.74. The van der Waals surface area contributed by atoms with Crippen LogP contribution in [0.1, 0.15) is 23.2 Å². The molecular weight excluding hydrogens is 350 g/mol. The molecule has 1 aliphatic heterocycles. The van der Waals surface area contributed by atoms with Gasteiger partial charge in [0.2, 0.25) is 5.91 Å². The minimum Gasteiger partial charge on any atom is -0.354 e. The molecule has 140 valence electrons. The smallest absolute Gasteiger partial charge is 0.255 e. The van der Waals surface area contributed by atoms with Crippen molar-refractivity contribution >= 4 is 34.6 Å². The lowest BCUT2D eigenvalue weighted by Gasteiger charge is -2.16. The molecule has 3 aromatic rings. The fraction of sp³-hybridized carbons (Fsp3) is 0.130. The number of hydrogen-bond donors (Lipinski definition) is 2. The number of anilines is 4. The van der Waals surface area contributed by atoms with Crippen LogP contribution in [0.25, 0.3) is 0 Å². The van der Waals surface area contributed by atoms with Gasteiger partial charge in [0.25, 0.3) is 5.91 Å². The number of carbonyl (C=O) groups excluding carboxylic acids is 2. The van der Waals surface area contributed by atoms with Crippen LogP contribution in [0.4, 0.5) is 22.7 Å². The van der Waals surface area contributed by atoms with E-state index in [-0.39, 0.29) is 11.8 Å². The number of benzene rings is 3. The van der Waals surface area contributed by atoms with Crippen molar-refractivity contribution in [1.82, 2.24) is 0 Å². The Morgan fingerprint density at radius 2 is 1.50 bits per heavy atom. The molecular formula is C23H21N3O2. The fourth-order valence-electron chi connectivity index (χ4n) is 3.29. The zero-order valence-corrected chi connectivity index (χ0v) is 15.4. The number of nitrogens with zero attached hydrogens (tertiary/aromatic N) is 1. The second-order valence-electron chi connectivity index (χ2n) is 6.69. The van der Waals surface area contributed by atoms with Crippen molar-refractivity contribution in [2.75, 3.05) is 22.1 Å². The van der Waals surface area contributed by atoms with Gasteiger partial charge in [-0.2, -0.15) is 0 Å². The Hall–Kier alpha value is -3.60. The minimum atomic E-state index is -0.193. The molecule has 3 aromatic carbocycles. The molecule has 1 aliphatic rings. The van der Waals surface area contributed by atoms with E-state index in [4.69, 9.17) is 0 Å². The van der Waals surface area contributed by atoms with E-state index in [1.807, 2.05) is 66.7 Å². The van der Waals surface area contributed by atoms with E-state index in [1.54, 1.807) is 17.0 Å². The Morgan fingerprint density at radius 3 is 2.18 bits per heavy atom. The molecule has 2 N–H and O–H groups in total. The van der Waals surface area contributed by atoms with Crippen LogP contribution in [-0.2, 0) is 4.79 Å². The van der Waals surface area contributed by atoms with E-state index >= 15 is 0 Å². The number of carbonyl (C=O) groups is 2. The lowest BCUT2D eigenvalue weighted by molar-refractivity contribution is -0.117. The molecule has 0 radical (unpaired) electrons. The van der Waals surface area contributed by atoms with Crippen molar-refractivity contribution in [2.45, 2.75) is 12.8 Å². The molecule has 0 aliphatic carbocycles. The summed E-state index contributed by atoms with van der Waals surface area (Å²) in [5.41, 5.74) is 3.86. The van der Waals surface area contributed by atoms with Crippen LogP contribution in [0.2, 0.25) is 0 Å². The summed E-state index contributed by atoms with van der Waals surface area (Å²) in [4.78, 5) is 26.3. The van der Waals surface area contributed by atoms with E-state index in [2.05, 4.69) is 10.6 Å². The van der Waals surface area contributed by atoms with Gasteiger partial charge in [-0.25, -0.2) is 0 Å². The number of amides is 2. The first kappa shape index (κ1) is 17.8. The Labute approximate surface area is 164 Å². The van der Waals surface area contributed by atoms with E-state index < -0.39 is 0 Å². The topological polar surface area (TPSA) is 61.4 Å². The van der Waals surface area contributed by atoms with Crippen LogP contribution in [0.5, 0.6) is 0 Å². The maximum atomic E-state index is 12.7. The zero-order valence-electron chi connectivity index (χ0n) is 15.4. The molecule has 0 bridgehead atoms. The predicted octanol–water partition coefficient (Wildman–Crippen LogP) is 4.81. The van der Waals surface area contributed by atoms with Crippen LogP contribution in [0.3, 0.4) is 0 Å². The first-order valence-corrected chi connectivity index (χ1v) is 9.33. The van der Waals surface area contributed by atoms with Crippen molar-refractivity contribution in [3.05, 3.63) is 84.4 Å². The van der Waals surface area contributed by atoms with Crippen LogP contribution in [0, 0.1) is 0 Å². The van der Waals surface area contributed by atoms with Crippen molar-refractivity contribution < 1.29 is 9.59 Å². The van der Waals surface area contributed by atoms with E-state index in [9.17, 15) is 9.59 Å². The monoisotopic (exact) mass is 371 g/mol. The molecule has 1 heterocycles. The van der Waals surface area contributed by atoms with Gasteiger partial charge < -0.3 is 15.5 Å². The van der Waals surface area contributed by atoms with E-state index in [0.717, 1.165) is 30.0 Å². The molecule has 1 fully saturated rings. The molecule has 2 amide bonds. The summed E-state index contributed by atoms with van der Waals surface area (Å²) in [6, 6.07) is 24.5. The second-order valence-corrected chi connectivity index (χ2v) is 6.69. The van der Waals surface area contributed by atoms with Crippen molar-refractivity contribution in [1.29, 1.82) is 0 Å². The summed E-state index contributed by atoms with van der Waals surface area (Å²) >= 11 is 0. The molecule has 0 spiro atoms. The molecule has 0 saturated carbocycles. The molecule has 1 saturated heterocycles. The highest BCUT2D eigenvalue weighted by Crippen LogP contribution is 2.26. The number of nitrogens with one attached hydrogen (secondary N) is 2. The third kappa shape index (κ3) is 3.88. The van der Waals surface area contributed by atoms with Crippen LogP contribution < -0.4 is 15.5 Å². The standard InChI is InChI=1S/C23H21N3O2/c27-22-11-6-16-26(22)19-14-12-17(13-15-19)23(28)25-21-10-5-4-9-20(21)24-18-7-2-1-3-8-18/h1-5,7-10,12-15,24H,6,11,16H2,(H,25,28). The summed E-state index contributed by atoms with van der Waals surface area (Å²) in [5, 5.41) is 6.28. The van der Waals surface area contributed by atoms with Crippen LogP contribution in [0.15, 0.2) is 78.9 Å². The van der Waals surface area contributed by atoms with E-state index in [0.29, 0.717) is 17.7 Å². The zero-order chi connectivity index (χ0) is 19.3. The summed E-state index contributed by atoms with van der Waals surface area (Å²) in [6.45, 7) is 0.739. The number of rotatable bonds is 5. The van der Waals surface area contributed by atoms with Gasteiger partial charge in [-0.3, -0.25) is 9.59 Å². The summed E-state index contributed by atoms with van der Waals surface area (Å²) < 4.78 is 0. The van der Waals surface area contributed by atoms with Crippen LogP contribution in [-0.4, -0.2) is 18.4 Å². The van der Waals surface area contributed by atoms with Gasteiger partial charge in [-0.1, -0.05) is 30.3 Å². The quantitative estimate of drug-likeness (QED) is 0.677. The summed E-state index contributed by atoms with van der Waals surface area (Å²) in [7, 11) is 0. The predicted molar refractivity (Wildman–Crippen MR) is 112 cm³/mol. The van der Waals surface area contributed by atoms with Gasteiger partial charge >= 0.3 is 0 Å². The van der Waals surface area contributed by atoms with Crippen molar-refractivity contribution in [3.8, 4) is 0 Å². The van der Waals surface area contributed by atoms with Gasteiger partial charge in [-0.15, -0.1) is 0 Å². The molecule has 0 aromatic heterocycles. The molecule has 0 unspecified atom stereocenters. The fourth-order valence-corrected chi connectivity index (χ4v) is 3.29. The largest absolute Gasteiger partial charge is 0.354 e. The molecule has 28 heavy (non-hydrogen) atoms. The highest BCUT2D eigenvalue weighted by atomic mass is 16.2. The van der Waals surface area contributed by atoms with Gasteiger partial charge in [0, 0.05) is 29.9 Å². The van der Waals surface area contributed by atoms with Crippen LogP contribution >= 0.6 is 0 Å². The average molecular weight is 371 g/mol. The Balaban J connectivity index is 1.49. The number of para-hydroxylation sites is 3. The minimum absolute atomic E-state index is 0.137. The first-order valence-electron chi connectivity index (χ1n) is 9.33. The van der Waals surface area contributed by atoms with Crippen molar-refractivity contribution in [3.63, 3.8) is 0 Å². The Morgan fingerprint density at radius 1 is 0.821 bits per heavy atom. The molecule has 4 rings (SSSR count). The second kappa shape index (κ2) is 7.96. The molecule has 5 heteroatoms. The molecule has 0 atom stereocenters. The van der Waals surface area contributed by atoms with Crippen molar-refractivity contribution in [2.24, 2.45) is 0 Å². The average Bonchev–Trinajstić information content (AvgIpc) is 3.16. The maximum absolute atomic E-state index is 12.7. The van der Waals surface area contributed by atoms with Gasteiger partial charge in [-0.05, 0) is 55.0 Å². The Bertz CT molecular complexity index is 984. The first-order chi connectivity index (χ1) is 13.7. The summed E-state index contributed by atoms with van der Waals surface area (Å²) in [6.07, 6.45) is 1.47. The third-order valence-corrected chi connectivity index (χ3v) is 4.74. The van der Waals surface area contributed by atoms with E-state index in [1.165, 1.54) is 0 Å². The number of hydrogen-bond acceptors (Lipinski definition) is 3. The SMILES string of the molecule is O=C(Nc1ccccc1Nc1ccccc1)c1ccc(N2CCCC2=O)cc1. The normalized spacial score (nSPS) is 13.4. The van der Waals surface area contributed by atoms with Gasteiger partial charge in [0.05, 0.1) is 11.4 Å². The highest BCUT2D eigenvalue weighted by molar-refractivity contribution is 6.06. The lowest BCUT2D eigenvalue weighted by atomic mass is 10.1. The highest BCUT2D eigenvalue weighted by Gasteiger charge is 2.21. The maximum Gasteiger partial charge on any atom is 0.255 e. The summed E-state index contributed by atoms with van der Waals surface area (Å²) in [5.74, 6) is -0.0558. The Kier molecular flexibility index (Phi) is 5.06. The molecule has 5 nitrogen and oxygen atoms in total. The lowest BCUT2D eigenvalue weighted by Crippen LogP contribution is -2.23. The van der Waals surface area contributed by atoms with Gasteiger partial charge in [0.15, 0.2) is 0 Å². The van der Waals surface area contributed by atoms with Gasteiger partial charge in [0.1, 0.15) is 0 Å².